The number of nitrogens with one attached hydrogen (secondary N) is 1. The molecular formula is C20H21N3O5S. The van der Waals surface area contributed by atoms with Crippen LogP contribution in [-0.2, 0) is 32.5 Å². The zero-order chi connectivity index (χ0) is 21.0. The van der Waals surface area contributed by atoms with Crippen LogP contribution in [-0.4, -0.2) is 30.1 Å². The van der Waals surface area contributed by atoms with Crippen LogP contribution < -0.4 is 11.0 Å². The highest BCUT2D eigenvalue weighted by Crippen LogP contribution is 2.16. The summed E-state index contributed by atoms with van der Waals surface area (Å²) in [6, 6.07) is 13.1. The third-order valence-electron chi connectivity index (χ3n) is 4.50. The van der Waals surface area contributed by atoms with Crippen molar-refractivity contribution < 1.29 is 17.9 Å². The van der Waals surface area contributed by atoms with Crippen molar-refractivity contribution in [3.05, 3.63) is 88.1 Å². The molecule has 2 heterocycles. The van der Waals surface area contributed by atoms with E-state index in [9.17, 15) is 18.0 Å². The molecule has 3 rings (SSSR count). The van der Waals surface area contributed by atoms with Crippen LogP contribution in [0.4, 0.5) is 0 Å². The van der Waals surface area contributed by atoms with E-state index >= 15 is 0 Å². The normalized spacial score (nSPS) is 11.2. The van der Waals surface area contributed by atoms with E-state index in [-0.39, 0.29) is 23.4 Å². The zero-order valence-corrected chi connectivity index (χ0v) is 16.8. The molecule has 8 nitrogen and oxygen atoms in total. The first-order valence-electron chi connectivity index (χ1n) is 8.83. The zero-order valence-electron chi connectivity index (χ0n) is 16.0. The van der Waals surface area contributed by atoms with Gasteiger partial charge in [-0.2, -0.15) is 0 Å². The molecule has 0 saturated heterocycles. The molecule has 0 fully saturated rings. The van der Waals surface area contributed by atoms with E-state index in [0.717, 1.165) is 0 Å². The lowest BCUT2D eigenvalue weighted by atomic mass is 10.1. The van der Waals surface area contributed by atoms with Gasteiger partial charge in [-0.25, -0.2) is 17.1 Å². The van der Waals surface area contributed by atoms with Crippen molar-refractivity contribution in [2.75, 3.05) is 12.5 Å². The molecular weight excluding hydrogens is 394 g/mol. The highest BCUT2D eigenvalue weighted by molar-refractivity contribution is 7.90. The van der Waals surface area contributed by atoms with Crippen LogP contribution in [0.5, 0.6) is 0 Å². The molecule has 0 radical (unpaired) electrons. The third-order valence-corrected chi connectivity index (χ3v) is 6.24. The molecule has 0 saturated carbocycles. The third kappa shape index (κ3) is 4.24. The Balaban J connectivity index is 1.86. The van der Waals surface area contributed by atoms with Gasteiger partial charge in [0.1, 0.15) is 0 Å². The number of aromatic nitrogens is 2. The van der Waals surface area contributed by atoms with Crippen molar-refractivity contribution in [1.29, 1.82) is 0 Å². The maximum absolute atomic E-state index is 12.9. The number of nitrogens with zero attached hydrogens (tertiary/aromatic N) is 2. The number of carbonyl (C=O) groups is 1. The molecule has 29 heavy (non-hydrogen) atoms. The number of aryl methyl sites for hydroxylation is 1. The lowest BCUT2D eigenvalue weighted by Gasteiger charge is -2.14. The number of rotatable bonds is 7. The predicted molar refractivity (Wildman–Crippen MR) is 108 cm³/mol. The Morgan fingerprint density at radius 1 is 1.07 bits per heavy atom. The largest absolute Gasteiger partial charge is 0.469 e. The molecule has 0 aliphatic rings. The Labute approximate surface area is 168 Å². The number of esters is 1. The highest BCUT2D eigenvalue weighted by Gasteiger charge is 2.19. The number of benzene rings is 1. The minimum atomic E-state index is -3.75. The van der Waals surface area contributed by atoms with E-state index in [1.165, 1.54) is 40.3 Å². The second-order valence-corrected chi connectivity index (χ2v) is 8.17. The molecule has 1 aromatic carbocycles. The quantitative estimate of drug-likeness (QED) is 0.589. The van der Waals surface area contributed by atoms with Gasteiger partial charge < -0.3 is 10.2 Å². The van der Waals surface area contributed by atoms with Gasteiger partial charge in [-0.15, -0.1) is 0 Å². The van der Waals surface area contributed by atoms with Crippen LogP contribution in [0.15, 0.2) is 70.6 Å². The van der Waals surface area contributed by atoms with E-state index in [1.54, 1.807) is 43.3 Å². The number of methoxy groups -OCH3 is 1. The summed E-state index contributed by atoms with van der Waals surface area (Å²) >= 11 is 0. The van der Waals surface area contributed by atoms with Crippen LogP contribution in [0.1, 0.15) is 16.8 Å². The van der Waals surface area contributed by atoms with Gasteiger partial charge in [-0.05, 0) is 42.8 Å². The second-order valence-electron chi connectivity index (χ2n) is 6.35. The monoisotopic (exact) mass is 415 g/mol. The summed E-state index contributed by atoms with van der Waals surface area (Å²) in [5.41, 5.74) is 3.96. The molecule has 0 aliphatic heterocycles. The minimum absolute atomic E-state index is 0.0830. The Hall–Kier alpha value is -3.33. The van der Waals surface area contributed by atoms with Crippen molar-refractivity contribution in [2.24, 2.45) is 0 Å². The first-order chi connectivity index (χ1) is 13.8. The van der Waals surface area contributed by atoms with Crippen molar-refractivity contribution in [2.45, 2.75) is 24.8 Å². The van der Waals surface area contributed by atoms with Gasteiger partial charge in [0.25, 0.3) is 15.6 Å². The second kappa shape index (κ2) is 8.36. The molecule has 0 aliphatic carbocycles. The topological polar surface area (TPSA) is 99.4 Å². The number of ether oxygens (including phenoxy) is 1. The average Bonchev–Trinajstić information content (AvgIpc) is 3.20. The molecule has 0 amide bonds. The van der Waals surface area contributed by atoms with E-state index in [0.29, 0.717) is 16.8 Å². The smallest absolute Gasteiger partial charge is 0.310 e. The van der Waals surface area contributed by atoms with Crippen molar-refractivity contribution in [3.8, 4) is 0 Å². The number of hydrogen-bond donors (Lipinski definition) is 1. The van der Waals surface area contributed by atoms with E-state index < -0.39 is 16.0 Å². The van der Waals surface area contributed by atoms with Gasteiger partial charge in [0.05, 0.1) is 30.7 Å². The number of pyridine rings is 1. The Bertz CT molecular complexity index is 1180. The molecule has 3 aromatic rings. The van der Waals surface area contributed by atoms with Gasteiger partial charge in [0.2, 0.25) is 0 Å². The van der Waals surface area contributed by atoms with Gasteiger partial charge in [-0.3, -0.25) is 9.59 Å². The van der Waals surface area contributed by atoms with E-state index in [2.05, 4.69) is 10.2 Å². The summed E-state index contributed by atoms with van der Waals surface area (Å²) in [4.78, 5) is 24.4. The van der Waals surface area contributed by atoms with Crippen LogP contribution in [0.2, 0.25) is 0 Å². The lowest BCUT2D eigenvalue weighted by molar-refractivity contribution is -0.139. The SMILES string of the molecule is COC(=O)Cc1c(C)ccn(NCc2cccn2S(=O)(=O)c2ccccc2)c1=O. The molecule has 0 atom stereocenters. The molecule has 2 aromatic heterocycles. The fraction of sp³-hybridized carbons (Fsp3) is 0.200. The van der Waals surface area contributed by atoms with E-state index in [1.807, 2.05) is 0 Å². The summed E-state index contributed by atoms with van der Waals surface area (Å²) < 4.78 is 32.8. The van der Waals surface area contributed by atoms with Crippen LogP contribution in [0.3, 0.4) is 0 Å². The molecule has 0 bridgehead atoms. The predicted octanol–water partition coefficient (Wildman–Crippen LogP) is 1.65. The molecule has 0 spiro atoms. The molecule has 152 valence electrons. The summed E-state index contributed by atoms with van der Waals surface area (Å²) in [5.74, 6) is -0.509. The Morgan fingerprint density at radius 3 is 2.48 bits per heavy atom. The summed E-state index contributed by atoms with van der Waals surface area (Å²) in [6.07, 6.45) is 2.86. The van der Waals surface area contributed by atoms with Crippen molar-refractivity contribution in [1.82, 2.24) is 8.65 Å². The molecule has 0 unspecified atom stereocenters. The van der Waals surface area contributed by atoms with Gasteiger partial charge in [-0.1, -0.05) is 18.2 Å². The summed E-state index contributed by atoms with van der Waals surface area (Å²) in [5, 5.41) is 0. The average molecular weight is 415 g/mol. The minimum Gasteiger partial charge on any atom is -0.469 e. The van der Waals surface area contributed by atoms with Gasteiger partial charge in [0, 0.05) is 18.0 Å². The summed E-state index contributed by atoms with van der Waals surface area (Å²) in [7, 11) is -2.48. The van der Waals surface area contributed by atoms with Crippen LogP contribution in [0.25, 0.3) is 0 Å². The highest BCUT2D eigenvalue weighted by atomic mass is 32.2. The van der Waals surface area contributed by atoms with Crippen molar-refractivity contribution >= 4 is 16.0 Å². The van der Waals surface area contributed by atoms with Crippen molar-refractivity contribution in [3.63, 3.8) is 0 Å². The lowest BCUT2D eigenvalue weighted by Crippen LogP contribution is -2.33. The Morgan fingerprint density at radius 2 is 1.79 bits per heavy atom. The molecule has 1 N–H and O–H groups in total. The van der Waals surface area contributed by atoms with Gasteiger partial charge >= 0.3 is 5.97 Å². The number of carbonyl (C=O) groups excluding carboxylic acids is 1. The summed E-state index contributed by atoms with van der Waals surface area (Å²) in [6.45, 7) is 1.82. The van der Waals surface area contributed by atoms with Crippen LogP contribution >= 0.6 is 0 Å². The molecule has 9 heteroatoms. The first kappa shape index (κ1) is 20.4. The maximum atomic E-state index is 12.9. The maximum Gasteiger partial charge on any atom is 0.310 e. The standard InChI is InChI=1S/C20H21N3O5S/c1-15-10-12-22(20(25)18(15)13-19(24)28-2)21-14-16-7-6-11-23(16)29(26,27)17-8-4-3-5-9-17/h3-12,21H,13-14H2,1-2H3. The van der Waals surface area contributed by atoms with Gasteiger partial charge in [0.15, 0.2) is 0 Å². The number of hydrogen-bond acceptors (Lipinski definition) is 6. The first-order valence-corrected chi connectivity index (χ1v) is 10.3. The fourth-order valence-electron chi connectivity index (χ4n) is 2.87. The fourth-order valence-corrected chi connectivity index (χ4v) is 4.26. The Kier molecular flexibility index (Phi) is 5.88. The van der Waals surface area contributed by atoms with E-state index in [4.69, 9.17) is 0 Å². The van der Waals surface area contributed by atoms with Crippen LogP contribution in [0, 0.1) is 6.92 Å².